The van der Waals surface area contributed by atoms with Crippen molar-refractivity contribution in [3.63, 3.8) is 0 Å². The van der Waals surface area contributed by atoms with Crippen LogP contribution in [0.15, 0.2) is 21.5 Å². The van der Waals surface area contributed by atoms with Crippen LogP contribution in [0.1, 0.15) is 22.8 Å². The van der Waals surface area contributed by atoms with E-state index in [1.807, 2.05) is 0 Å². The molecule has 1 aliphatic heterocycles. The second kappa shape index (κ2) is 6.04. The molecule has 0 spiro atoms. The molecule has 1 saturated heterocycles. The van der Waals surface area contributed by atoms with Gasteiger partial charge in [0, 0.05) is 17.1 Å². The van der Waals surface area contributed by atoms with Crippen molar-refractivity contribution >= 4 is 31.9 Å². The molecular formula is C13H16BrNO5S. The SMILES string of the molecule is Cc1c(Br)cc(S(=O)(=O)N2CCOC[C@H]2C)cc1C(=O)O. The highest BCUT2D eigenvalue weighted by atomic mass is 79.9. The lowest BCUT2D eigenvalue weighted by Crippen LogP contribution is -2.46. The summed E-state index contributed by atoms with van der Waals surface area (Å²) < 4.78 is 32.4. The van der Waals surface area contributed by atoms with Gasteiger partial charge in [-0.2, -0.15) is 4.31 Å². The van der Waals surface area contributed by atoms with E-state index in [0.717, 1.165) is 0 Å². The number of carboxylic acids is 1. The second-order valence-corrected chi connectivity index (χ2v) is 7.67. The number of halogens is 1. The Bertz CT molecular complexity index is 673. The van der Waals surface area contributed by atoms with Crippen molar-refractivity contribution in [3.05, 3.63) is 27.7 Å². The summed E-state index contributed by atoms with van der Waals surface area (Å²) in [6, 6.07) is 2.37. The first-order valence-corrected chi connectivity index (χ1v) is 8.61. The molecule has 0 bridgehead atoms. The van der Waals surface area contributed by atoms with Gasteiger partial charge in [-0.3, -0.25) is 0 Å². The third-order valence-electron chi connectivity index (χ3n) is 3.46. The zero-order valence-electron chi connectivity index (χ0n) is 11.7. The van der Waals surface area contributed by atoms with E-state index in [1.54, 1.807) is 13.8 Å². The number of hydrogen-bond acceptors (Lipinski definition) is 4. The fourth-order valence-electron chi connectivity index (χ4n) is 2.23. The first kappa shape index (κ1) is 16.4. The molecule has 2 rings (SSSR count). The summed E-state index contributed by atoms with van der Waals surface area (Å²) in [6.45, 7) is 4.32. The van der Waals surface area contributed by atoms with Gasteiger partial charge in [0.25, 0.3) is 0 Å². The van der Waals surface area contributed by atoms with Gasteiger partial charge in [0.1, 0.15) is 0 Å². The molecule has 0 aliphatic carbocycles. The third-order valence-corrected chi connectivity index (χ3v) is 6.28. The molecule has 116 valence electrons. The summed E-state index contributed by atoms with van der Waals surface area (Å²) in [5.74, 6) is -1.15. The van der Waals surface area contributed by atoms with Crippen molar-refractivity contribution in [3.8, 4) is 0 Å². The molecule has 0 saturated carbocycles. The monoisotopic (exact) mass is 377 g/mol. The van der Waals surface area contributed by atoms with E-state index >= 15 is 0 Å². The van der Waals surface area contributed by atoms with Crippen LogP contribution in [-0.2, 0) is 14.8 Å². The minimum absolute atomic E-state index is 0.0221. The molecule has 6 nitrogen and oxygen atoms in total. The molecule has 1 heterocycles. The summed E-state index contributed by atoms with van der Waals surface area (Å²) >= 11 is 3.23. The summed E-state index contributed by atoms with van der Waals surface area (Å²) in [5, 5.41) is 9.19. The standard InChI is InChI=1S/C13H16BrNO5S/c1-8-7-20-4-3-15(8)21(18,19)10-5-11(13(16)17)9(2)12(14)6-10/h5-6,8H,3-4,7H2,1-2H3,(H,16,17)/t8-/m1/s1. The van der Waals surface area contributed by atoms with Crippen LogP contribution >= 0.6 is 15.9 Å². The Kier molecular flexibility index (Phi) is 4.72. The van der Waals surface area contributed by atoms with Gasteiger partial charge in [0.15, 0.2) is 0 Å². The highest BCUT2D eigenvalue weighted by Crippen LogP contribution is 2.28. The van der Waals surface area contributed by atoms with Gasteiger partial charge in [-0.05, 0) is 31.5 Å². The smallest absolute Gasteiger partial charge is 0.336 e. The molecule has 1 aromatic rings. The van der Waals surface area contributed by atoms with Crippen LogP contribution in [0, 0.1) is 6.92 Å². The molecule has 0 radical (unpaired) electrons. The van der Waals surface area contributed by atoms with Crippen LogP contribution < -0.4 is 0 Å². The maximum Gasteiger partial charge on any atom is 0.336 e. The number of rotatable bonds is 3. The van der Waals surface area contributed by atoms with Crippen LogP contribution in [0.25, 0.3) is 0 Å². The lowest BCUT2D eigenvalue weighted by atomic mass is 10.1. The van der Waals surface area contributed by atoms with Crippen molar-refractivity contribution in [2.75, 3.05) is 19.8 Å². The lowest BCUT2D eigenvalue weighted by molar-refractivity contribution is 0.0392. The predicted octanol–water partition coefficient (Wildman–Crippen LogP) is 1.87. The van der Waals surface area contributed by atoms with Crippen molar-refractivity contribution in [2.45, 2.75) is 24.8 Å². The third kappa shape index (κ3) is 3.13. The lowest BCUT2D eigenvalue weighted by Gasteiger charge is -2.32. The average molecular weight is 378 g/mol. The maximum absolute atomic E-state index is 12.7. The molecule has 1 aliphatic rings. The average Bonchev–Trinajstić information content (AvgIpc) is 2.41. The molecule has 1 aromatic carbocycles. The van der Waals surface area contributed by atoms with Crippen molar-refractivity contribution in [2.24, 2.45) is 0 Å². The highest BCUT2D eigenvalue weighted by molar-refractivity contribution is 9.10. The minimum atomic E-state index is -3.75. The number of benzene rings is 1. The molecule has 0 unspecified atom stereocenters. The van der Waals surface area contributed by atoms with E-state index in [-0.39, 0.29) is 23.0 Å². The second-order valence-electron chi connectivity index (χ2n) is 4.92. The highest BCUT2D eigenvalue weighted by Gasteiger charge is 2.32. The molecule has 1 fully saturated rings. The van der Waals surface area contributed by atoms with Crippen LogP contribution in [0.2, 0.25) is 0 Å². The van der Waals surface area contributed by atoms with E-state index in [9.17, 15) is 18.3 Å². The number of ether oxygens (including phenoxy) is 1. The van der Waals surface area contributed by atoms with Gasteiger partial charge in [0.05, 0.1) is 23.7 Å². The Morgan fingerprint density at radius 3 is 2.71 bits per heavy atom. The van der Waals surface area contributed by atoms with Crippen LogP contribution in [0.5, 0.6) is 0 Å². The van der Waals surface area contributed by atoms with Crippen molar-refractivity contribution in [1.29, 1.82) is 0 Å². The largest absolute Gasteiger partial charge is 0.478 e. The molecule has 8 heteroatoms. The summed E-state index contributed by atoms with van der Waals surface area (Å²) in [4.78, 5) is 11.2. The van der Waals surface area contributed by atoms with Gasteiger partial charge < -0.3 is 9.84 Å². The van der Waals surface area contributed by atoms with E-state index in [2.05, 4.69) is 15.9 Å². The van der Waals surface area contributed by atoms with Crippen molar-refractivity contribution in [1.82, 2.24) is 4.31 Å². The number of morpholine rings is 1. The first-order valence-electron chi connectivity index (χ1n) is 6.38. The van der Waals surface area contributed by atoms with Gasteiger partial charge in [-0.15, -0.1) is 0 Å². The summed E-state index contributed by atoms with van der Waals surface area (Å²) in [6.07, 6.45) is 0. The molecule has 0 amide bonds. The fourth-order valence-corrected chi connectivity index (χ4v) is 4.50. The van der Waals surface area contributed by atoms with Crippen LogP contribution in [0.3, 0.4) is 0 Å². The van der Waals surface area contributed by atoms with Gasteiger partial charge in [-0.1, -0.05) is 15.9 Å². The Morgan fingerprint density at radius 2 is 2.14 bits per heavy atom. The van der Waals surface area contributed by atoms with E-state index in [4.69, 9.17) is 4.74 Å². The summed E-state index contributed by atoms with van der Waals surface area (Å²) in [7, 11) is -3.75. The molecule has 21 heavy (non-hydrogen) atoms. The number of carboxylic acid groups (broad SMARTS) is 1. The van der Waals surface area contributed by atoms with Gasteiger partial charge in [-0.25, -0.2) is 13.2 Å². The summed E-state index contributed by atoms with van der Waals surface area (Å²) in [5.41, 5.74) is 0.473. The Labute approximate surface area is 131 Å². The normalized spacial score (nSPS) is 20.4. The zero-order chi connectivity index (χ0) is 15.8. The number of aromatic carboxylic acids is 1. The number of carbonyl (C=O) groups is 1. The Morgan fingerprint density at radius 1 is 1.48 bits per heavy atom. The predicted molar refractivity (Wildman–Crippen MR) is 80.0 cm³/mol. The maximum atomic E-state index is 12.7. The molecule has 1 N–H and O–H groups in total. The van der Waals surface area contributed by atoms with Crippen molar-refractivity contribution < 1.29 is 23.1 Å². The number of sulfonamides is 1. The zero-order valence-corrected chi connectivity index (χ0v) is 14.1. The molecule has 1 atom stereocenters. The molecule has 0 aromatic heterocycles. The van der Waals surface area contributed by atoms with E-state index in [0.29, 0.717) is 23.2 Å². The van der Waals surface area contributed by atoms with E-state index < -0.39 is 16.0 Å². The Hall–Kier alpha value is -0.960. The first-order chi connectivity index (χ1) is 9.75. The number of nitrogens with zero attached hydrogens (tertiary/aromatic N) is 1. The van der Waals surface area contributed by atoms with Gasteiger partial charge in [0.2, 0.25) is 10.0 Å². The van der Waals surface area contributed by atoms with Crippen LogP contribution in [-0.4, -0.2) is 49.6 Å². The molecular weight excluding hydrogens is 362 g/mol. The quantitative estimate of drug-likeness (QED) is 0.868. The minimum Gasteiger partial charge on any atom is -0.478 e. The van der Waals surface area contributed by atoms with Gasteiger partial charge >= 0.3 is 5.97 Å². The van der Waals surface area contributed by atoms with E-state index in [1.165, 1.54) is 16.4 Å². The van der Waals surface area contributed by atoms with Crippen LogP contribution in [0.4, 0.5) is 0 Å². The topological polar surface area (TPSA) is 83.9 Å². The fraction of sp³-hybridized carbons (Fsp3) is 0.462. The number of hydrogen-bond donors (Lipinski definition) is 1. The Balaban J connectivity index is 2.52.